The molecule has 21 heavy (non-hydrogen) atoms. The molecule has 3 N–H and O–H groups in total. The van der Waals surface area contributed by atoms with Crippen LogP contribution in [0, 0.1) is 8.34 Å². The van der Waals surface area contributed by atoms with Gasteiger partial charge in [-0.15, -0.1) is 0 Å². The summed E-state index contributed by atoms with van der Waals surface area (Å²) in [5.74, 6) is 0.500. The normalized spacial score (nSPS) is 18.1. The van der Waals surface area contributed by atoms with Gasteiger partial charge in [0.1, 0.15) is 5.82 Å². The highest BCUT2D eigenvalue weighted by Crippen LogP contribution is 2.35. The number of ketones is 1. The molecule has 1 atom stereocenters. The number of hydrogen-bond donors (Lipinski definition) is 3. The van der Waals surface area contributed by atoms with Gasteiger partial charge >= 0.3 is 0 Å². The number of rotatable bonds is 1. The molecule has 0 saturated carbocycles. The molecule has 106 valence electrons. The van der Waals surface area contributed by atoms with Crippen molar-refractivity contribution in [2.45, 2.75) is 18.8 Å². The highest BCUT2D eigenvalue weighted by molar-refractivity contribution is 14.1. The quantitative estimate of drug-likeness (QED) is 0.425. The number of carbonyl (C=O) groups is 1. The molecule has 2 heterocycles. The SMILES string of the molecule is O=C1c2c([nH]c3ccc(I)cc23)CCC1c1nc(=S)[nH][nH]1. The highest BCUT2D eigenvalue weighted by atomic mass is 127. The fraction of sp³-hybridized carbons (Fsp3) is 0.214. The molecule has 0 amide bonds. The van der Waals surface area contributed by atoms with Crippen molar-refractivity contribution in [2.24, 2.45) is 0 Å². The van der Waals surface area contributed by atoms with Crippen molar-refractivity contribution in [1.29, 1.82) is 0 Å². The smallest absolute Gasteiger partial charge is 0.213 e. The Balaban J connectivity index is 1.88. The third kappa shape index (κ3) is 2.06. The van der Waals surface area contributed by atoms with Gasteiger partial charge in [0.15, 0.2) is 5.78 Å². The first-order chi connectivity index (χ1) is 10.1. The zero-order valence-electron chi connectivity index (χ0n) is 10.9. The lowest BCUT2D eigenvalue weighted by Gasteiger charge is -2.19. The summed E-state index contributed by atoms with van der Waals surface area (Å²) in [6.45, 7) is 0. The van der Waals surface area contributed by atoms with Crippen LogP contribution in [0.5, 0.6) is 0 Å². The number of nitrogens with zero attached hydrogens (tertiary/aromatic N) is 1. The predicted octanol–water partition coefficient (Wildman–Crippen LogP) is 3.47. The molecule has 7 heteroatoms. The van der Waals surface area contributed by atoms with E-state index in [4.69, 9.17) is 12.2 Å². The minimum Gasteiger partial charge on any atom is -0.358 e. The zero-order chi connectivity index (χ0) is 14.6. The summed E-state index contributed by atoms with van der Waals surface area (Å²) in [7, 11) is 0. The topological polar surface area (TPSA) is 77.3 Å². The van der Waals surface area contributed by atoms with Crippen molar-refractivity contribution in [3.63, 3.8) is 0 Å². The van der Waals surface area contributed by atoms with E-state index in [1.54, 1.807) is 0 Å². The van der Waals surface area contributed by atoms with E-state index in [1.807, 2.05) is 12.1 Å². The van der Waals surface area contributed by atoms with E-state index in [1.165, 1.54) is 0 Å². The Hall–Kier alpha value is -1.48. The summed E-state index contributed by atoms with van der Waals surface area (Å²) in [5.41, 5.74) is 2.86. The third-order valence-corrected chi connectivity index (χ3v) is 4.80. The van der Waals surface area contributed by atoms with Crippen LogP contribution in [0.15, 0.2) is 18.2 Å². The van der Waals surface area contributed by atoms with Crippen LogP contribution in [0.4, 0.5) is 0 Å². The van der Waals surface area contributed by atoms with E-state index in [-0.39, 0.29) is 11.7 Å². The molecule has 0 bridgehead atoms. The number of aromatic amines is 3. The zero-order valence-corrected chi connectivity index (χ0v) is 13.8. The first kappa shape index (κ1) is 13.2. The number of aryl methyl sites for hydroxylation is 1. The molecule has 0 aliphatic heterocycles. The maximum absolute atomic E-state index is 12.9. The van der Waals surface area contributed by atoms with E-state index in [0.29, 0.717) is 10.6 Å². The Morgan fingerprint density at radius 1 is 1.33 bits per heavy atom. The second-order valence-corrected chi connectivity index (χ2v) is 6.81. The molecule has 1 unspecified atom stereocenters. The molecule has 0 fully saturated rings. The Bertz CT molecular complexity index is 923. The van der Waals surface area contributed by atoms with Gasteiger partial charge in [0.2, 0.25) is 4.77 Å². The molecule has 1 aliphatic carbocycles. The molecule has 3 aromatic rings. The number of halogens is 1. The van der Waals surface area contributed by atoms with Gasteiger partial charge in [-0.25, -0.2) is 4.98 Å². The van der Waals surface area contributed by atoms with E-state index in [0.717, 1.165) is 38.6 Å². The van der Waals surface area contributed by atoms with Crippen LogP contribution >= 0.6 is 34.8 Å². The minimum atomic E-state index is -0.248. The standard InChI is InChI=1S/C14H11IN4OS/c15-6-1-3-9-8(5-6)11-10(16-9)4-2-7(12(11)20)13-17-14(21)19-18-13/h1,3,5,7,16H,2,4H2,(H2,17,18,19,21). The van der Waals surface area contributed by atoms with Gasteiger partial charge in [-0.3, -0.25) is 15.0 Å². The average Bonchev–Trinajstić information content (AvgIpc) is 3.03. The summed E-state index contributed by atoms with van der Waals surface area (Å²) in [6.07, 6.45) is 1.58. The van der Waals surface area contributed by atoms with Gasteiger partial charge in [0.05, 0.1) is 5.92 Å². The molecule has 4 rings (SSSR count). The minimum absolute atomic E-state index is 0.113. The maximum atomic E-state index is 12.9. The second-order valence-electron chi connectivity index (χ2n) is 5.18. The van der Waals surface area contributed by atoms with Crippen LogP contribution < -0.4 is 0 Å². The Morgan fingerprint density at radius 2 is 2.19 bits per heavy atom. The number of nitrogens with one attached hydrogen (secondary N) is 3. The molecular weight excluding hydrogens is 399 g/mol. The molecule has 2 aromatic heterocycles. The van der Waals surface area contributed by atoms with Gasteiger partial charge in [0.25, 0.3) is 0 Å². The summed E-state index contributed by atoms with van der Waals surface area (Å²) < 4.78 is 1.51. The Labute approximate surface area is 138 Å². The number of carbonyl (C=O) groups excluding carboxylic acids is 1. The van der Waals surface area contributed by atoms with Gasteiger partial charge < -0.3 is 4.98 Å². The monoisotopic (exact) mass is 410 g/mol. The van der Waals surface area contributed by atoms with Crippen molar-refractivity contribution in [1.82, 2.24) is 20.2 Å². The van der Waals surface area contributed by atoms with Crippen molar-refractivity contribution >= 4 is 51.5 Å². The fourth-order valence-electron chi connectivity index (χ4n) is 2.99. The van der Waals surface area contributed by atoms with Crippen LogP contribution in [-0.4, -0.2) is 25.9 Å². The Morgan fingerprint density at radius 3 is 2.95 bits per heavy atom. The molecule has 0 saturated heterocycles. The van der Waals surface area contributed by atoms with Crippen molar-refractivity contribution < 1.29 is 4.79 Å². The Kier molecular flexibility index (Phi) is 3.00. The fourth-order valence-corrected chi connectivity index (χ4v) is 3.63. The largest absolute Gasteiger partial charge is 0.358 e. The van der Waals surface area contributed by atoms with E-state index >= 15 is 0 Å². The van der Waals surface area contributed by atoms with Crippen LogP contribution in [0.3, 0.4) is 0 Å². The number of hydrogen-bond acceptors (Lipinski definition) is 3. The first-order valence-corrected chi connectivity index (χ1v) is 8.11. The van der Waals surface area contributed by atoms with Crippen LogP contribution in [0.1, 0.15) is 34.2 Å². The van der Waals surface area contributed by atoms with Gasteiger partial charge in [-0.2, -0.15) is 0 Å². The number of Topliss-reactive ketones (excluding diaryl/α,β-unsaturated/α-hetero) is 1. The third-order valence-electron chi connectivity index (χ3n) is 3.93. The number of H-pyrrole nitrogens is 3. The molecule has 1 aromatic carbocycles. The van der Waals surface area contributed by atoms with Gasteiger partial charge in [-0.05, 0) is 65.8 Å². The van der Waals surface area contributed by atoms with Crippen molar-refractivity contribution in [3.05, 3.63) is 43.6 Å². The summed E-state index contributed by atoms with van der Waals surface area (Å²) in [6, 6.07) is 6.12. The second kappa shape index (κ2) is 4.77. The predicted molar refractivity (Wildman–Crippen MR) is 90.2 cm³/mol. The lowest BCUT2D eigenvalue weighted by Crippen LogP contribution is -2.21. The van der Waals surface area contributed by atoms with Crippen molar-refractivity contribution in [3.8, 4) is 0 Å². The molecule has 0 radical (unpaired) electrons. The van der Waals surface area contributed by atoms with E-state index in [9.17, 15) is 4.79 Å². The van der Waals surface area contributed by atoms with Gasteiger partial charge in [0, 0.05) is 25.7 Å². The van der Waals surface area contributed by atoms with E-state index in [2.05, 4.69) is 48.8 Å². The molecular formula is C14H11IN4OS. The van der Waals surface area contributed by atoms with Crippen LogP contribution in [0.2, 0.25) is 0 Å². The summed E-state index contributed by atoms with van der Waals surface area (Å²) in [4.78, 5) is 20.5. The number of benzene rings is 1. The maximum Gasteiger partial charge on any atom is 0.213 e. The molecule has 1 aliphatic rings. The summed E-state index contributed by atoms with van der Waals surface area (Å²) in [5, 5.41) is 6.68. The number of aromatic nitrogens is 4. The average molecular weight is 410 g/mol. The van der Waals surface area contributed by atoms with Crippen LogP contribution in [-0.2, 0) is 6.42 Å². The lowest BCUT2D eigenvalue weighted by molar-refractivity contribution is 0.0944. The molecule has 5 nitrogen and oxygen atoms in total. The molecule has 0 spiro atoms. The first-order valence-electron chi connectivity index (χ1n) is 6.62. The number of fused-ring (bicyclic) bond motifs is 3. The van der Waals surface area contributed by atoms with E-state index < -0.39 is 0 Å². The van der Waals surface area contributed by atoms with Gasteiger partial charge in [-0.1, -0.05) is 0 Å². The summed E-state index contributed by atoms with van der Waals surface area (Å²) >= 11 is 7.24. The van der Waals surface area contributed by atoms with Crippen molar-refractivity contribution in [2.75, 3.05) is 0 Å². The lowest BCUT2D eigenvalue weighted by atomic mass is 9.84. The highest BCUT2D eigenvalue weighted by Gasteiger charge is 2.33. The van der Waals surface area contributed by atoms with Crippen LogP contribution in [0.25, 0.3) is 10.9 Å².